The minimum atomic E-state index is 0.128. The van der Waals surface area contributed by atoms with Crippen molar-refractivity contribution >= 4 is 11.7 Å². The predicted octanol–water partition coefficient (Wildman–Crippen LogP) is 2.29. The number of piperidine rings is 2. The van der Waals surface area contributed by atoms with E-state index in [9.17, 15) is 4.79 Å². The van der Waals surface area contributed by atoms with Gasteiger partial charge in [0.15, 0.2) is 0 Å². The second-order valence-electron chi connectivity index (χ2n) is 7.94. The molecule has 1 spiro atoms. The van der Waals surface area contributed by atoms with Crippen LogP contribution in [0.5, 0.6) is 0 Å². The van der Waals surface area contributed by atoms with Gasteiger partial charge in [-0.3, -0.25) is 14.8 Å². The van der Waals surface area contributed by atoms with Crippen LogP contribution < -0.4 is 4.90 Å². The lowest BCUT2D eigenvalue weighted by Gasteiger charge is -2.48. The van der Waals surface area contributed by atoms with Crippen molar-refractivity contribution in [1.29, 1.82) is 0 Å². The molecule has 7 heteroatoms. The van der Waals surface area contributed by atoms with Crippen molar-refractivity contribution in [3.8, 4) is 0 Å². The average Bonchev–Trinajstić information content (AvgIpc) is 2.67. The van der Waals surface area contributed by atoms with Crippen molar-refractivity contribution in [2.45, 2.75) is 46.1 Å². The van der Waals surface area contributed by atoms with Crippen LogP contribution in [-0.2, 0) is 11.3 Å². The molecule has 4 rings (SSSR count). The normalized spacial score (nSPS) is 23.1. The van der Waals surface area contributed by atoms with Crippen LogP contribution in [0, 0.1) is 19.3 Å². The summed E-state index contributed by atoms with van der Waals surface area (Å²) in [4.78, 5) is 34.3. The lowest BCUT2D eigenvalue weighted by Crippen LogP contribution is -2.54. The van der Waals surface area contributed by atoms with Gasteiger partial charge in [-0.1, -0.05) is 0 Å². The maximum absolute atomic E-state index is 12.5. The van der Waals surface area contributed by atoms with Gasteiger partial charge in [-0.2, -0.15) is 0 Å². The molecule has 2 fully saturated rings. The van der Waals surface area contributed by atoms with Crippen molar-refractivity contribution in [1.82, 2.24) is 24.8 Å². The molecule has 27 heavy (non-hydrogen) atoms. The van der Waals surface area contributed by atoms with Gasteiger partial charge in [0.05, 0.1) is 24.1 Å². The fourth-order valence-electron chi connectivity index (χ4n) is 4.29. The number of aromatic nitrogens is 4. The zero-order chi connectivity index (χ0) is 18.9. The molecule has 0 N–H and O–H groups in total. The van der Waals surface area contributed by atoms with Gasteiger partial charge < -0.3 is 9.80 Å². The van der Waals surface area contributed by atoms with Crippen LogP contribution in [0.4, 0.5) is 5.82 Å². The zero-order valence-corrected chi connectivity index (χ0v) is 16.1. The number of rotatable bonds is 3. The quantitative estimate of drug-likeness (QED) is 0.830. The van der Waals surface area contributed by atoms with E-state index in [2.05, 4.69) is 24.8 Å². The third kappa shape index (κ3) is 3.91. The van der Waals surface area contributed by atoms with E-state index < -0.39 is 0 Å². The number of carbonyl (C=O) groups excluding carboxylic acids is 1. The van der Waals surface area contributed by atoms with Crippen molar-refractivity contribution < 1.29 is 4.79 Å². The third-order valence-corrected chi connectivity index (χ3v) is 5.71. The summed E-state index contributed by atoms with van der Waals surface area (Å²) in [5, 5.41) is 0. The first kappa shape index (κ1) is 17.8. The molecular formula is C20H26N6O. The van der Waals surface area contributed by atoms with Gasteiger partial charge in [0.1, 0.15) is 12.1 Å². The summed E-state index contributed by atoms with van der Waals surface area (Å²) in [6, 6.07) is 2.05. The maximum atomic E-state index is 12.5. The van der Waals surface area contributed by atoms with E-state index in [1.807, 2.05) is 24.8 Å². The van der Waals surface area contributed by atoms with E-state index in [4.69, 9.17) is 0 Å². The van der Waals surface area contributed by atoms with Crippen LogP contribution in [0.2, 0.25) is 0 Å². The summed E-state index contributed by atoms with van der Waals surface area (Å²) < 4.78 is 0. The summed E-state index contributed by atoms with van der Waals surface area (Å²) in [6.07, 6.45) is 9.00. The SMILES string of the molecule is Cc1cnc(CN2C[C@@]3(CCCN(c4cc(C)ncn4)C3)CCC2=O)cn1. The number of hydrogen-bond donors (Lipinski definition) is 0. The highest BCUT2D eigenvalue weighted by Crippen LogP contribution is 2.40. The topological polar surface area (TPSA) is 75.1 Å². The first-order chi connectivity index (χ1) is 13.0. The van der Waals surface area contributed by atoms with Gasteiger partial charge in [0.25, 0.3) is 0 Å². The van der Waals surface area contributed by atoms with Crippen LogP contribution in [0.15, 0.2) is 24.8 Å². The van der Waals surface area contributed by atoms with E-state index >= 15 is 0 Å². The van der Waals surface area contributed by atoms with Gasteiger partial charge in [-0.15, -0.1) is 0 Å². The lowest BCUT2D eigenvalue weighted by atomic mass is 9.73. The number of amides is 1. The monoisotopic (exact) mass is 366 g/mol. The van der Waals surface area contributed by atoms with E-state index in [1.54, 1.807) is 18.7 Å². The molecule has 2 aromatic heterocycles. The van der Waals surface area contributed by atoms with Gasteiger partial charge in [0, 0.05) is 49.4 Å². The highest BCUT2D eigenvalue weighted by molar-refractivity contribution is 5.77. The minimum Gasteiger partial charge on any atom is -0.356 e. The molecule has 2 aliphatic rings. The molecule has 2 saturated heterocycles. The second-order valence-corrected chi connectivity index (χ2v) is 7.94. The molecule has 0 aliphatic carbocycles. The Balaban J connectivity index is 1.50. The maximum Gasteiger partial charge on any atom is 0.222 e. The fourth-order valence-corrected chi connectivity index (χ4v) is 4.29. The first-order valence-electron chi connectivity index (χ1n) is 9.62. The summed E-state index contributed by atoms with van der Waals surface area (Å²) in [7, 11) is 0. The molecular weight excluding hydrogens is 340 g/mol. The Labute approximate surface area is 159 Å². The zero-order valence-electron chi connectivity index (χ0n) is 16.1. The Morgan fingerprint density at radius 1 is 1.04 bits per heavy atom. The number of nitrogens with zero attached hydrogens (tertiary/aromatic N) is 6. The highest BCUT2D eigenvalue weighted by atomic mass is 16.2. The Bertz CT molecular complexity index is 823. The van der Waals surface area contributed by atoms with Crippen molar-refractivity contribution in [3.05, 3.63) is 41.9 Å². The third-order valence-electron chi connectivity index (χ3n) is 5.71. The van der Waals surface area contributed by atoms with E-state index in [-0.39, 0.29) is 11.3 Å². The molecule has 2 aliphatic heterocycles. The Hall–Kier alpha value is -2.57. The number of hydrogen-bond acceptors (Lipinski definition) is 6. The van der Waals surface area contributed by atoms with Crippen LogP contribution in [0.25, 0.3) is 0 Å². The van der Waals surface area contributed by atoms with Gasteiger partial charge >= 0.3 is 0 Å². The second kappa shape index (κ2) is 7.21. The molecule has 1 amide bonds. The van der Waals surface area contributed by atoms with Crippen molar-refractivity contribution in [3.63, 3.8) is 0 Å². The summed E-state index contributed by atoms with van der Waals surface area (Å²) in [5.74, 6) is 1.22. The molecule has 2 aromatic rings. The van der Waals surface area contributed by atoms with Crippen LogP contribution in [0.1, 0.15) is 42.8 Å². The molecule has 0 aromatic carbocycles. The number of anilines is 1. The van der Waals surface area contributed by atoms with Crippen molar-refractivity contribution in [2.24, 2.45) is 5.41 Å². The molecule has 1 atom stereocenters. The van der Waals surface area contributed by atoms with Crippen LogP contribution in [-0.4, -0.2) is 50.4 Å². The van der Waals surface area contributed by atoms with Crippen LogP contribution >= 0.6 is 0 Å². The number of aryl methyl sites for hydroxylation is 2. The number of likely N-dealkylation sites (tertiary alicyclic amines) is 1. The van der Waals surface area contributed by atoms with E-state index in [0.717, 1.165) is 61.8 Å². The van der Waals surface area contributed by atoms with E-state index in [1.165, 1.54) is 0 Å². The molecule has 4 heterocycles. The molecule has 7 nitrogen and oxygen atoms in total. The summed E-state index contributed by atoms with van der Waals surface area (Å²) >= 11 is 0. The highest BCUT2D eigenvalue weighted by Gasteiger charge is 2.42. The minimum absolute atomic E-state index is 0.128. The predicted molar refractivity (Wildman–Crippen MR) is 102 cm³/mol. The first-order valence-corrected chi connectivity index (χ1v) is 9.62. The summed E-state index contributed by atoms with van der Waals surface area (Å²) in [6.45, 7) is 7.18. The molecule has 0 radical (unpaired) electrons. The van der Waals surface area contributed by atoms with Gasteiger partial charge in [-0.25, -0.2) is 9.97 Å². The molecule has 0 unspecified atom stereocenters. The molecule has 142 valence electrons. The summed E-state index contributed by atoms with van der Waals surface area (Å²) in [5.41, 5.74) is 2.86. The van der Waals surface area contributed by atoms with Crippen molar-refractivity contribution in [2.75, 3.05) is 24.5 Å². The van der Waals surface area contributed by atoms with Gasteiger partial charge in [-0.05, 0) is 33.1 Å². The van der Waals surface area contributed by atoms with Crippen LogP contribution in [0.3, 0.4) is 0 Å². The van der Waals surface area contributed by atoms with E-state index in [0.29, 0.717) is 13.0 Å². The smallest absolute Gasteiger partial charge is 0.222 e. The Kier molecular flexibility index (Phi) is 4.76. The Morgan fingerprint density at radius 2 is 1.93 bits per heavy atom. The standard InChI is InChI=1S/C20H26N6O/c1-15-8-18(24-14-23-15)25-7-3-5-20(12-25)6-4-19(27)26(13-20)11-17-10-21-16(2)9-22-17/h8-10,14H,3-7,11-13H2,1-2H3/t20-/m0/s1. The fraction of sp³-hybridized carbons (Fsp3) is 0.550. The molecule has 0 bridgehead atoms. The Morgan fingerprint density at radius 3 is 2.70 bits per heavy atom. The number of carbonyl (C=O) groups is 1. The van der Waals surface area contributed by atoms with Gasteiger partial charge in [0.2, 0.25) is 5.91 Å². The average molecular weight is 366 g/mol. The largest absolute Gasteiger partial charge is 0.356 e. The molecule has 0 saturated carbocycles. The lowest BCUT2D eigenvalue weighted by molar-refractivity contribution is -0.138.